The smallest absolute Gasteiger partial charge is 0.475 e. The van der Waals surface area contributed by atoms with Crippen LogP contribution in [0, 0.1) is 10.1 Å². The van der Waals surface area contributed by atoms with Crippen LogP contribution in [-0.4, -0.2) is 88.5 Å². The van der Waals surface area contributed by atoms with Gasteiger partial charge in [0.2, 0.25) is 11.8 Å². The molecule has 0 aliphatic carbocycles. The van der Waals surface area contributed by atoms with Crippen molar-refractivity contribution >= 4 is 29.7 Å². The normalized spacial score (nSPS) is 17.5. The molecule has 1 rings (SSSR count). The SMILES string of the molecule is O=C(O)C(F)(F)F.O=C(O)C(F)(F)F.[N-]=[N+]=N[C@@H]1CN[C@@H](C(=O)N[C@@H](CCCN=C(N)N[N+](=O)[O-])C(N)=O)C1. The van der Waals surface area contributed by atoms with E-state index in [1.54, 1.807) is 5.43 Å². The van der Waals surface area contributed by atoms with Gasteiger partial charge >= 0.3 is 24.3 Å². The summed E-state index contributed by atoms with van der Waals surface area (Å²) < 4.78 is 63.5. The van der Waals surface area contributed by atoms with Gasteiger partial charge in [-0.3, -0.25) is 9.59 Å². The minimum atomic E-state index is -5.08. The van der Waals surface area contributed by atoms with E-state index in [1.165, 1.54) is 0 Å². The van der Waals surface area contributed by atoms with Crippen molar-refractivity contribution in [3.05, 3.63) is 20.6 Å². The lowest BCUT2D eigenvalue weighted by molar-refractivity contribution is -0.525. The molecule has 3 atom stereocenters. The summed E-state index contributed by atoms with van der Waals surface area (Å²) >= 11 is 0. The van der Waals surface area contributed by atoms with Crippen molar-refractivity contribution in [3.63, 3.8) is 0 Å². The number of rotatable bonds is 9. The number of carboxylic acid groups (broad SMARTS) is 2. The number of hydrogen-bond donors (Lipinski definition) is 7. The second-order valence-corrected chi connectivity index (χ2v) is 6.90. The summed E-state index contributed by atoms with van der Waals surface area (Å²) in [6.45, 7) is 0.494. The Morgan fingerprint density at radius 2 is 1.62 bits per heavy atom. The van der Waals surface area contributed by atoms with Crippen LogP contribution < -0.4 is 27.5 Å². The van der Waals surface area contributed by atoms with Crippen LogP contribution in [0.25, 0.3) is 10.4 Å². The molecule has 0 radical (unpaired) electrons. The van der Waals surface area contributed by atoms with Crippen molar-refractivity contribution in [1.82, 2.24) is 16.1 Å². The van der Waals surface area contributed by atoms with E-state index >= 15 is 0 Å². The van der Waals surface area contributed by atoms with Gasteiger partial charge in [0.25, 0.3) is 5.96 Å². The molecule has 18 nitrogen and oxygen atoms in total. The summed E-state index contributed by atoms with van der Waals surface area (Å²) in [7, 11) is 0. The number of guanidine groups is 1. The molecule has 0 spiro atoms. The molecule has 1 fully saturated rings. The van der Waals surface area contributed by atoms with Crippen molar-refractivity contribution in [1.29, 1.82) is 0 Å². The number of azide groups is 1. The zero-order valence-electron chi connectivity index (χ0n) is 19.3. The molecule has 0 aromatic rings. The topological polar surface area (TPSA) is 301 Å². The van der Waals surface area contributed by atoms with Crippen molar-refractivity contribution in [2.45, 2.75) is 49.7 Å². The van der Waals surface area contributed by atoms with E-state index in [9.17, 15) is 46.0 Å². The minimum absolute atomic E-state index is 0.118. The third-order valence-electron chi connectivity index (χ3n) is 3.92. The van der Waals surface area contributed by atoms with Gasteiger partial charge in [-0.25, -0.2) is 24.7 Å². The van der Waals surface area contributed by atoms with Crippen LogP contribution in [-0.2, 0) is 19.2 Å². The molecule has 1 heterocycles. The van der Waals surface area contributed by atoms with Gasteiger partial charge in [0.05, 0.1) is 12.1 Å². The van der Waals surface area contributed by atoms with E-state index in [2.05, 4.69) is 25.7 Å². The molecule has 222 valence electrons. The van der Waals surface area contributed by atoms with Gasteiger partial charge in [0, 0.05) is 18.0 Å². The number of alkyl halides is 6. The van der Waals surface area contributed by atoms with E-state index in [-0.39, 0.29) is 25.0 Å². The Hall–Kier alpha value is -4.60. The number of primary amides is 1. The predicted molar refractivity (Wildman–Crippen MR) is 114 cm³/mol. The number of nitrogens with one attached hydrogen (secondary N) is 3. The molecule has 39 heavy (non-hydrogen) atoms. The van der Waals surface area contributed by atoms with Crippen LogP contribution in [0.4, 0.5) is 26.3 Å². The second kappa shape index (κ2) is 17.0. The van der Waals surface area contributed by atoms with Crippen LogP contribution in [0.15, 0.2) is 10.1 Å². The van der Waals surface area contributed by atoms with Crippen LogP contribution in [0.2, 0.25) is 0 Å². The third-order valence-corrected chi connectivity index (χ3v) is 3.92. The fourth-order valence-corrected chi connectivity index (χ4v) is 2.26. The van der Waals surface area contributed by atoms with Gasteiger partial charge in [-0.05, 0) is 24.8 Å². The number of carbonyl (C=O) groups excluding carboxylic acids is 2. The molecule has 0 unspecified atom stereocenters. The highest BCUT2D eigenvalue weighted by Gasteiger charge is 2.39. The Morgan fingerprint density at radius 1 is 1.13 bits per heavy atom. The van der Waals surface area contributed by atoms with Gasteiger partial charge in [-0.1, -0.05) is 10.5 Å². The fourth-order valence-electron chi connectivity index (χ4n) is 2.26. The third kappa shape index (κ3) is 18.3. The highest BCUT2D eigenvalue weighted by Crippen LogP contribution is 2.14. The first-order chi connectivity index (χ1) is 17.7. The molecule has 0 aromatic carbocycles. The fraction of sp³-hybridized carbons (Fsp3) is 0.667. The molecular formula is C15H22F6N10O8. The second-order valence-electron chi connectivity index (χ2n) is 6.90. The first-order valence-corrected chi connectivity index (χ1v) is 9.90. The lowest BCUT2D eigenvalue weighted by Crippen LogP contribution is -2.50. The predicted octanol–water partition coefficient (Wildman–Crippen LogP) is -0.860. The molecule has 2 amide bonds. The Bertz CT molecular complexity index is 930. The van der Waals surface area contributed by atoms with E-state index in [4.69, 9.17) is 36.8 Å². The van der Waals surface area contributed by atoms with Crippen LogP contribution in [0.1, 0.15) is 19.3 Å². The number of halogens is 6. The lowest BCUT2D eigenvalue weighted by Gasteiger charge is -2.18. The maximum absolute atomic E-state index is 12.1. The average Bonchev–Trinajstić information content (AvgIpc) is 3.23. The van der Waals surface area contributed by atoms with Crippen molar-refractivity contribution in [2.24, 2.45) is 21.6 Å². The number of carbonyl (C=O) groups is 4. The molecule has 9 N–H and O–H groups in total. The standard InChI is InChI=1S/C11H20N10O4.2C2HF3O2/c12-9(22)7(2-1-3-15-11(13)19-21(24)25)17-10(23)8-4-6(5-16-8)18-20-14;2*3-2(4,5)1(6)7/h6-8,16H,1-5H2,(H2,12,22)(H,17,23)(H3,13,15,19);2*(H,6,7)/t6-,7-,8+;;/m0../s1. The number of nitrogens with two attached hydrogens (primary N) is 2. The lowest BCUT2D eigenvalue weighted by atomic mass is 10.1. The molecule has 24 heteroatoms. The Balaban J connectivity index is 0. The summed E-state index contributed by atoms with van der Waals surface area (Å²) in [5.74, 6) is -7.00. The number of hydrazine groups is 1. The zero-order valence-corrected chi connectivity index (χ0v) is 19.3. The summed E-state index contributed by atoms with van der Waals surface area (Å²) in [5, 5.41) is 32.5. The first kappa shape index (κ1) is 36.6. The van der Waals surface area contributed by atoms with Gasteiger partial charge in [0.15, 0.2) is 5.03 Å². The van der Waals surface area contributed by atoms with Gasteiger partial charge < -0.3 is 32.3 Å². The van der Waals surface area contributed by atoms with E-state index in [0.29, 0.717) is 19.4 Å². The van der Waals surface area contributed by atoms with Crippen LogP contribution in [0.3, 0.4) is 0 Å². The number of nitro groups is 1. The number of aliphatic imine (C=N–C) groups is 1. The Morgan fingerprint density at radius 3 is 2.00 bits per heavy atom. The largest absolute Gasteiger partial charge is 0.490 e. The molecular weight excluding hydrogens is 562 g/mol. The highest BCUT2D eigenvalue weighted by molar-refractivity contribution is 5.89. The number of hydrogen-bond acceptors (Lipinski definition) is 9. The molecule has 0 bridgehead atoms. The van der Waals surface area contributed by atoms with Crippen molar-refractivity contribution in [2.75, 3.05) is 13.1 Å². The maximum Gasteiger partial charge on any atom is 0.490 e. The number of carboxylic acids is 2. The van der Waals surface area contributed by atoms with Gasteiger partial charge in [0.1, 0.15) is 6.04 Å². The number of amides is 2. The monoisotopic (exact) mass is 584 g/mol. The summed E-state index contributed by atoms with van der Waals surface area (Å²) in [6.07, 6.45) is -9.31. The number of nitrogens with zero attached hydrogens (tertiary/aromatic N) is 5. The molecule has 0 saturated carbocycles. The molecule has 0 aromatic heterocycles. The molecule has 1 aliphatic rings. The Kier molecular flexibility index (Phi) is 15.9. The van der Waals surface area contributed by atoms with Gasteiger partial charge in [-0.15, -0.1) is 0 Å². The molecule has 1 aliphatic heterocycles. The summed E-state index contributed by atoms with van der Waals surface area (Å²) in [4.78, 5) is 57.9. The average molecular weight is 584 g/mol. The number of aliphatic carboxylic acids is 2. The maximum atomic E-state index is 12.1. The zero-order chi connectivity index (χ0) is 31.0. The van der Waals surface area contributed by atoms with Gasteiger partial charge in [-0.2, -0.15) is 26.3 Å². The summed E-state index contributed by atoms with van der Waals surface area (Å²) in [6, 6.07) is -1.80. The Labute approximate surface area is 212 Å². The van der Waals surface area contributed by atoms with Crippen LogP contribution >= 0.6 is 0 Å². The first-order valence-electron chi connectivity index (χ1n) is 9.90. The van der Waals surface area contributed by atoms with E-state index < -0.39 is 53.2 Å². The highest BCUT2D eigenvalue weighted by atomic mass is 19.4. The quantitative estimate of drug-likeness (QED) is 0.0201. The van der Waals surface area contributed by atoms with Crippen molar-refractivity contribution < 1.29 is 60.8 Å². The van der Waals surface area contributed by atoms with E-state index in [1.807, 2.05) is 0 Å². The van der Waals surface area contributed by atoms with Crippen molar-refractivity contribution in [3.8, 4) is 0 Å². The summed E-state index contributed by atoms with van der Waals surface area (Å²) in [5.41, 5.74) is 20.6. The minimum Gasteiger partial charge on any atom is -0.475 e. The molecule has 1 saturated heterocycles. The van der Waals surface area contributed by atoms with Crippen LogP contribution in [0.5, 0.6) is 0 Å². The van der Waals surface area contributed by atoms with E-state index in [0.717, 1.165) is 0 Å².